The first-order chi connectivity index (χ1) is 39.4. The second-order valence-corrected chi connectivity index (χ2v) is 18.5. The first-order valence-electron chi connectivity index (χ1n) is 24.7. The number of aliphatic carboxylic acids is 2. The van der Waals surface area contributed by atoms with Crippen molar-refractivity contribution in [3.05, 3.63) is 157 Å². The number of aromatic nitrogens is 2. The number of hydrogen-bond acceptors (Lipinski definition) is 16. The summed E-state index contributed by atoms with van der Waals surface area (Å²) in [4.78, 5) is 81.4. The van der Waals surface area contributed by atoms with Crippen molar-refractivity contribution < 1.29 is 85.0 Å². The number of fused-ring (bicyclic) bond motifs is 2. The zero-order valence-electron chi connectivity index (χ0n) is 43.8. The van der Waals surface area contributed by atoms with Crippen molar-refractivity contribution in [1.29, 1.82) is 0 Å². The fraction of sp³-hybridized carbons (Fsp3) is 0.172. The van der Waals surface area contributed by atoms with E-state index in [0.29, 0.717) is 58.9 Å². The fourth-order valence-corrected chi connectivity index (χ4v) is 8.25. The molecule has 0 spiro atoms. The van der Waals surface area contributed by atoms with Crippen LogP contribution in [0.25, 0.3) is 21.8 Å². The van der Waals surface area contributed by atoms with Gasteiger partial charge in [0.1, 0.15) is 47.2 Å². The molecule has 0 aliphatic heterocycles. The van der Waals surface area contributed by atoms with Crippen LogP contribution in [-0.2, 0) is 28.8 Å². The van der Waals surface area contributed by atoms with E-state index in [9.17, 15) is 47.8 Å². The molecule has 2 aliphatic rings. The number of amides is 4. The molecule has 25 heteroatoms. The van der Waals surface area contributed by atoms with Gasteiger partial charge in [0.05, 0.1) is 37.2 Å². The SMILES string of the molecule is COc1cc2c(Oc3ccc(NC(=O)C4(C(=O)Nc5ccc(F)cc5)CC4)cc3F)ccnc2cc1OCC(=O)[O-].COc1cc2c(Oc3ccc(NC(=O)C4(C(=O)Nc5ccc(F)cc5)CC4)cc3F)ccnc2cc1OCC(=O)[O-].[Ca+2]. The van der Waals surface area contributed by atoms with Gasteiger partial charge in [0.15, 0.2) is 46.1 Å². The van der Waals surface area contributed by atoms with Crippen molar-refractivity contribution in [2.45, 2.75) is 25.7 Å². The van der Waals surface area contributed by atoms with Gasteiger partial charge < -0.3 is 69.5 Å². The van der Waals surface area contributed by atoms with Crippen LogP contribution in [0.15, 0.2) is 134 Å². The van der Waals surface area contributed by atoms with Gasteiger partial charge in [-0.3, -0.25) is 29.1 Å². The fourth-order valence-electron chi connectivity index (χ4n) is 8.25. The third-order valence-electron chi connectivity index (χ3n) is 12.9. The van der Waals surface area contributed by atoms with Crippen LogP contribution in [0.5, 0.6) is 46.0 Å². The van der Waals surface area contributed by atoms with Crippen LogP contribution in [0.2, 0.25) is 0 Å². The molecule has 0 atom stereocenters. The molecule has 2 aromatic heterocycles. The van der Waals surface area contributed by atoms with Crippen LogP contribution in [0.4, 0.5) is 40.3 Å². The van der Waals surface area contributed by atoms with Gasteiger partial charge in [0.2, 0.25) is 23.6 Å². The Labute approximate surface area is 498 Å². The molecule has 83 heavy (non-hydrogen) atoms. The molecule has 6 aromatic carbocycles. The number of carbonyl (C=O) groups is 6. The van der Waals surface area contributed by atoms with Crippen LogP contribution >= 0.6 is 0 Å². The van der Waals surface area contributed by atoms with Crippen LogP contribution in [0.1, 0.15) is 25.7 Å². The molecule has 2 heterocycles. The van der Waals surface area contributed by atoms with Gasteiger partial charge >= 0.3 is 37.7 Å². The molecule has 0 radical (unpaired) electrons. The number of rotatable bonds is 20. The average molecular weight is 1170 g/mol. The Morgan fingerprint density at radius 2 is 0.783 bits per heavy atom. The minimum atomic E-state index is -1.41. The number of halogens is 4. The Bertz CT molecular complexity index is 3570. The number of hydrogen-bond donors (Lipinski definition) is 4. The molecule has 0 unspecified atom stereocenters. The summed E-state index contributed by atoms with van der Waals surface area (Å²) in [6, 6.07) is 26.9. The number of carboxylic acids is 2. The normalized spacial score (nSPS) is 13.1. The van der Waals surface area contributed by atoms with E-state index in [1.165, 1.54) is 136 Å². The van der Waals surface area contributed by atoms with E-state index in [-0.39, 0.29) is 95.1 Å². The Morgan fingerprint density at radius 3 is 1.10 bits per heavy atom. The van der Waals surface area contributed by atoms with Crippen LogP contribution in [0, 0.1) is 34.1 Å². The summed E-state index contributed by atoms with van der Waals surface area (Å²) in [6.45, 7) is -1.38. The van der Waals surface area contributed by atoms with Crippen molar-refractivity contribution in [3.63, 3.8) is 0 Å². The van der Waals surface area contributed by atoms with Crippen LogP contribution in [-0.4, -0.2) is 111 Å². The van der Waals surface area contributed by atoms with E-state index in [2.05, 4.69) is 31.2 Å². The number of nitrogens with one attached hydrogen (secondary N) is 4. The number of ether oxygens (including phenoxy) is 6. The van der Waals surface area contributed by atoms with E-state index in [4.69, 9.17) is 28.4 Å². The van der Waals surface area contributed by atoms with Crippen LogP contribution < -0.4 is 59.9 Å². The molecule has 2 saturated carbocycles. The van der Waals surface area contributed by atoms with Crippen molar-refractivity contribution in [2.75, 3.05) is 48.7 Å². The zero-order valence-corrected chi connectivity index (χ0v) is 46.0. The zero-order chi connectivity index (χ0) is 58.3. The molecular weight excluding hydrogens is 1120 g/mol. The van der Waals surface area contributed by atoms with E-state index < -0.39 is 82.9 Å². The quantitative estimate of drug-likeness (QED) is 0.0333. The molecular formula is C58H44CaF4N6O14. The molecule has 10 rings (SSSR count). The molecule has 8 aromatic rings. The Hall–Kier alpha value is -9.26. The van der Waals surface area contributed by atoms with Gasteiger partial charge in [0.25, 0.3) is 0 Å². The second kappa shape index (κ2) is 25.7. The number of pyridine rings is 2. The molecule has 2 fully saturated rings. The van der Waals surface area contributed by atoms with E-state index >= 15 is 8.78 Å². The second-order valence-electron chi connectivity index (χ2n) is 18.5. The molecule has 2 aliphatic carbocycles. The molecule has 0 saturated heterocycles. The van der Waals surface area contributed by atoms with Crippen molar-refractivity contribution in [3.8, 4) is 46.0 Å². The van der Waals surface area contributed by atoms with E-state index in [1.807, 2.05) is 0 Å². The molecule has 0 bridgehead atoms. The van der Waals surface area contributed by atoms with Crippen molar-refractivity contribution >= 4 is 118 Å². The monoisotopic (exact) mass is 1160 g/mol. The average Bonchev–Trinajstić information content (AvgIpc) is 3.59. The predicted octanol–water partition coefficient (Wildman–Crippen LogP) is 7.22. The number of benzene rings is 6. The predicted molar refractivity (Wildman–Crippen MR) is 287 cm³/mol. The maximum absolute atomic E-state index is 15.1. The largest absolute Gasteiger partial charge is 2.00 e. The standard InChI is InChI=1S/2C29H23F2N3O7.Ca/c2*1-39-24-13-19-21(14-25(24)40-15-26(35)36)32-11-8-22(19)41-23-7-6-18(12-20(23)31)34-28(38)29(9-10-29)27(37)33-17-4-2-16(30)3-5-17;/h2*2-8,11-14H,9-10,15H2,1H3,(H,33,37)(H,34,38)(H,35,36);/q;;+2/p-2. The Morgan fingerprint density at radius 1 is 0.446 bits per heavy atom. The number of methoxy groups -OCH3 is 2. The van der Waals surface area contributed by atoms with Gasteiger partial charge in [-0.05, 0) is 123 Å². The minimum Gasteiger partial charge on any atom is -0.546 e. The molecule has 4 amide bonds. The van der Waals surface area contributed by atoms with Gasteiger partial charge in [-0.1, -0.05) is 0 Å². The number of carboxylic acid groups (broad SMARTS) is 2. The maximum atomic E-state index is 15.1. The maximum Gasteiger partial charge on any atom is 2.00 e. The first kappa shape index (κ1) is 59.9. The third kappa shape index (κ3) is 14.1. The summed E-state index contributed by atoms with van der Waals surface area (Å²) in [7, 11) is 2.74. The number of anilines is 4. The first-order valence-corrected chi connectivity index (χ1v) is 24.7. The summed E-state index contributed by atoms with van der Waals surface area (Å²) in [5.41, 5.74) is -0.925. The third-order valence-corrected chi connectivity index (χ3v) is 12.9. The molecule has 20 nitrogen and oxygen atoms in total. The van der Waals surface area contributed by atoms with Gasteiger partial charge in [-0.15, -0.1) is 0 Å². The van der Waals surface area contributed by atoms with Crippen molar-refractivity contribution in [1.82, 2.24) is 9.97 Å². The minimum absolute atomic E-state index is 0. The summed E-state index contributed by atoms with van der Waals surface area (Å²) in [5.74, 6) is -6.73. The summed E-state index contributed by atoms with van der Waals surface area (Å²) < 4.78 is 88.9. The van der Waals surface area contributed by atoms with E-state index in [0.717, 1.165) is 12.1 Å². The van der Waals surface area contributed by atoms with Gasteiger partial charge in [0, 0.05) is 70.2 Å². The van der Waals surface area contributed by atoms with Gasteiger partial charge in [-0.25, -0.2) is 17.6 Å². The smallest absolute Gasteiger partial charge is 0.546 e. The Balaban J connectivity index is 0.000000214. The summed E-state index contributed by atoms with van der Waals surface area (Å²) in [5, 5.41) is 32.8. The van der Waals surface area contributed by atoms with E-state index in [1.54, 1.807) is 0 Å². The summed E-state index contributed by atoms with van der Waals surface area (Å²) >= 11 is 0. The topological polar surface area (TPSA) is 278 Å². The molecule has 420 valence electrons. The van der Waals surface area contributed by atoms with Gasteiger partial charge in [-0.2, -0.15) is 0 Å². The Kier molecular flexibility index (Phi) is 18.5. The molecule has 4 N–H and O–H groups in total. The summed E-state index contributed by atoms with van der Waals surface area (Å²) in [6.07, 6.45) is 4.10. The van der Waals surface area contributed by atoms with Crippen molar-refractivity contribution in [2.24, 2.45) is 10.8 Å². The number of carbonyl (C=O) groups excluding carboxylic acids is 6. The number of nitrogens with zero attached hydrogens (tertiary/aromatic N) is 2. The van der Waals surface area contributed by atoms with Crippen LogP contribution in [0.3, 0.4) is 0 Å².